The molecule has 5 nitrogen and oxygen atoms in total. The molecule has 0 bridgehead atoms. The minimum atomic E-state index is 0.753. The van der Waals surface area contributed by atoms with E-state index in [4.69, 9.17) is 0 Å². The molecular formula is C28H35N5S. The van der Waals surface area contributed by atoms with Crippen LogP contribution in [0, 0.1) is 5.92 Å². The van der Waals surface area contributed by atoms with Crippen LogP contribution >= 0.6 is 11.9 Å². The Bertz CT molecular complexity index is 1200. The van der Waals surface area contributed by atoms with Gasteiger partial charge in [-0.2, -0.15) is 4.98 Å². The third-order valence-electron chi connectivity index (χ3n) is 6.22. The zero-order valence-corrected chi connectivity index (χ0v) is 21.2. The average molecular weight is 474 g/mol. The molecule has 1 fully saturated rings. The Balaban J connectivity index is 0.000000180. The van der Waals surface area contributed by atoms with E-state index in [0.29, 0.717) is 0 Å². The van der Waals surface area contributed by atoms with Gasteiger partial charge in [-0.25, -0.2) is 4.98 Å². The summed E-state index contributed by atoms with van der Waals surface area (Å²) in [7, 11) is 5.99. The summed E-state index contributed by atoms with van der Waals surface area (Å²) < 4.78 is 3.07. The maximum Gasteiger partial charge on any atom is 0.225 e. The number of hydrogen-bond donors (Lipinski definition) is 2. The molecule has 1 heterocycles. The molecule has 0 unspecified atom stereocenters. The van der Waals surface area contributed by atoms with Gasteiger partial charge in [0.15, 0.2) is 0 Å². The van der Waals surface area contributed by atoms with E-state index in [-0.39, 0.29) is 0 Å². The number of benzene rings is 3. The third kappa shape index (κ3) is 6.39. The van der Waals surface area contributed by atoms with Crippen LogP contribution in [-0.2, 0) is 0 Å². The van der Waals surface area contributed by atoms with Crippen LogP contribution < -0.4 is 14.9 Å². The summed E-state index contributed by atoms with van der Waals surface area (Å²) in [5.41, 5.74) is 1.00. The van der Waals surface area contributed by atoms with Gasteiger partial charge in [0.1, 0.15) is 5.82 Å². The lowest BCUT2D eigenvalue weighted by Crippen LogP contribution is -2.19. The minimum absolute atomic E-state index is 0.753. The van der Waals surface area contributed by atoms with Gasteiger partial charge in [0.25, 0.3) is 0 Å². The summed E-state index contributed by atoms with van der Waals surface area (Å²) in [6, 6.07) is 23.1. The molecule has 4 aromatic rings. The highest BCUT2D eigenvalue weighted by molar-refractivity contribution is 7.97. The first-order chi connectivity index (χ1) is 16.6. The van der Waals surface area contributed by atoms with Crippen molar-refractivity contribution in [2.45, 2.75) is 37.0 Å². The molecule has 34 heavy (non-hydrogen) atoms. The fourth-order valence-electron chi connectivity index (χ4n) is 4.46. The van der Waals surface area contributed by atoms with Crippen molar-refractivity contribution in [1.82, 2.24) is 14.7 Å². The molecular weight excluding hydrogens is 438 g/mol. The molecule has 178 valence electrons. The lowest BCUT2D eigenvalue weighted by atomic mass is 9.89. The predicted octanol–water partition coefficient (Wildman–Crippen LogP) is 6.75. The van der Waals surface area contributed by atoms with E-state index in [0.717, 1.165) is 35.1 Å². The lowest BCUT2D eigenvalue weighted by molar-refractivity contribution is 0.373. The Morgan fingerprint density at radius 3 is 2.38 bits per heavy atom. The second kappa shape index (κ2) is 12.0. The Kier molecular flexibility index (Phi) is 8.61. The molecule has 0 aliphatic heterocycles. The van der Waals surface area contributed by atoms with Crippen LogP contribution in [0.5, 0.6) is 0 Å². The van der Waals surface area contributed by atoms with Crippen molar-refractivity contribution in [3.8, 4) is 0 Å². The molecule has 0 spiro atoms. The number of nitrogens with zero attached hydrogens (tertiary/aromatic N) is 3. The van der Waals surface area contributed by atoms with Crippen LogP contribution in [0.1, 0.15) is 32.1 Å². The predicted molar refractivity (Wildman–Crippen MR) is 148 cm³/mol. The first-order valence-corrected chi connectivity index (χ1v) is 13.0. The topological polar surface area (TPSA) is 53.1 Å². The third-order valence-corrected chi connectivity index (χ3v) is 6.91. The molecule has 1 aliphatic rings. The van der Waals surface area contributed by atoms with Crippen LogP contribution in [0.15, 0.2) is 71.6 Å². The number of fused-ring (bicyclic) bond motifs is 2. The van der Waals surface area contributed by atoms with Crippen LogP contribution in [0.4, 0.5) is 11.8 Å². The molecule has 5 rings (SSSR count). The van der Waals surface area contributed by atoms with Gasteiger partial charge in [0, 0.05) is 30.9 Å². The summed E-state index contributed by atoms with van der Waals surface area (Å²) in [4.78, 5) is 12.6. The molecule has 0 saturated heterocycles. The standard InChI is InChI=1S/C17H24N4.C11H11NS/c1-21(2)16-14-10-6-7-11-15(14)19-17(20-16)18-12-13-8-4-3-5-9-13;1-12-13-11-7-6-9-4-2-3-5-10(9)8-11/h6-7,10-11,13H,3-5,8-9,12H2,1-2H3,(H,18,19,20);2-8,12H,1H3. The van der Waals surface area contributed by atoms with E-state index in [1.165, 1.54) is 47.8 Å². The van der Waals surface area contributed by atoms with Crippen LogP contribution in [0.2, 0.25) is 0 Å². The highest BCUT2D eigenvalue weighted by Crippen LogP contribution is 2.26. The van der Waals surface area contributed by atoms with Gasteiger partial charge in [-0.3, -0.25) is 4.72 Å². The quantitative estimate of drug-likeness (QED) is 0.302. The summed E-state index contributed by atoms with van der Waals surface area (Å²) in [5.74, 6) is 2.51. The number of hydrogen-bond acceptors (Lipinski definition) is 6. The van der Waals surface area contributed by atoms with Gasteiger partial charge in [-0.1, -0.05) is 61.7 Å². The minimum Gasteiger partial charge on any atom is -0.362 e. The molecule has 6 heteroatoms. The van der Waals surface area contributed by atoms with Gasteiger partial charge in [-0.15, -0.1) is 0 Å². The zero-order valence-electron chi connectivity index (χ0n) is 20.4. The summed E-state index contributed by atoms with van der Waals surface area (Å²) in [6.45, 7) is 0.991. The molecule has 1 saturated carbocycles. The number of para-hydroxylation sites is 1. The maximum absolute atomic E-state index is 4.69. The molecule has 2 N–H and O–H groups in total. The molecule has 3 aromatic carbocycles. The molecule has 1 aliphatic carbocycles. The average Bonchev–Trinajstić information content (AvgIpc) is 2.88. The van der Waals surface area contributed by atoms with Crippen LogP contribution in [0.25, 0.3) is 21.7 Å². The van der Waals surface area contributed by atoms with Gasteiger partial charge in [-0.05, 0) is 72.8 Å². The van der Waals surface area contributed by atoms with Crippen molar-refractivity contribution < 1.29 is 0 Å². The van der Waals surface area contributed by atoms with Gasteiger partial charge in [0.05, 0.1) is 5.52 Å². The molecule has 1 aromatic heterocycles. The SMILES string of the molecule is CN(C)c1nc(NCC2CCCCC2)nc2ccccc12.CNSc1ccc2ccccc2c1. The smallest absolute Gasteiger partial charge is 0.225 e. The second-order valence-electron chi connectivity index (χ2n) is 8.98. The van der Waals surface area contributed by atoms with E-state index in [1.807, 2.05) is 33.3 Å². The molecule has 0 amide bonds. The number of anilines is 2. The fourth-order valence-corrected chi connectivity index (χ4v) is 5.01. The largest absolute Gasteiger partial charge is 0.362 e. The number of nitrogens with one attached hydrogen (secondary N) is 2. The zero-order chi connectivity index (χ0) is 23.8. The fraction of sp³-hybridized carbons (Fsp3) is 0.357. The van der Waals surface area contributed by atoms with E-state index in [9.17, 15) is 0 Å². The monoisotopic (exact) mass is 473 g/mol. The normalized spacial score (nSPS) is 14.0. The number of aromatic nitrogens is 2. The highest BCUT2D eigenvalue weighted by atomic mass is 32.2. The van der Waals surface area contributed by atoms with Crippen molar-refractivity contribution in [2.24, 2.45) is 5.92 Å². The Morgan fingerprint density at radius 1 is 0.882 bits per heavy atom. The van der Waals surface area contributed by atoms with E-state index >= 15 is 0 Å². The van der Waals surface area contributed by atoms with Crippen molar-refractivity contribution in [3.63, 3.8) is 0 Å². The molecule has 0 atom stereocenters. The lowest BCUT2D eigenvalue weighted by Gasteiger charge is -2.22. The molecule has 0 radical (unpaired) electrons. The van der Waals surface area contributed by atoms with E-state index < -0.39 is 0 Å². The first-order valence-electron chi connectivity index (χ1n) is 12.1. The van der Waals surface area contributed by atoms with E-state index in [2.05, 4.69) is 79.5 Å². The van der Waals surface area contributed by atoms with Crippen molar-refractivity contribution in [3.05, 3.63) is 66.7 Å². The van der Waals surface area contributed by atoms with Crippen LogP contribution in [0.3, 0.4) is 0 Å². The second-order valence-corrected chi connectivity index (χ2v) is 10.1. The highest BCUT2D eigenvalue weighted by Gasteiger charge is 2.14. The summed E-state index contributed by atoms with van der Waals surface area (Å²) in [5, 5.41) is 7.14. The Hall–Kier alpha value is -2.83. The van der Waals surface area contributed by atoms with Crippen molar-refractivity contribution in [1.29, 1.82) is 0 Å². The van der Waals surface area contributed by atoms with Gasteiger partial charge >= 0.3 is 0 Å². The van der Waals surface area contributed by atoms with Gasteiger partial charge < -0.3 is 10.2 Å². The van der Waals surface area contributed by atoms with Crippen LogP contribution in [-0.4, -0.2) is 37.7 Å². The number of rotatable bonds is 6. The van der Waals surface area contributed by atoms with Gasteiger partial charge in [0.2, 0.25) is 5.95 Å². The first kappa shape index (κ1) is 24.3. The Morgan fingerprint density at radius 2 is 1.62 bits per heavy atom. The summed E-state index contributed by atoms with van der Waals surface area (Å²) in [6.07, 6.45) is 6.80. The van der Waals surface area contributed by atoms with Crippen molar-refractivity contribution >= 4 is 45.4 Å². The Labute approximate surface area is 207 Å². The van der Waals surface area contributed by atoms with Crippen molar-refractivity contribution in [2.75, 3.05) is 37.9 Å². The maximum atomic E-state index is 4.69. The summed E-state index contributed by atoms with van der Waals surface area (Å²) >= 11 is 1.64. The van der Waals surface area contributed by atoms with E-state index in [1.54, 1.807) is 11.9 Å².